The van der Waals surface area contributed by atoms with Gasteiger partial charge in [0.2, 0.25) is 5.95 Å². The zero-order chi connectivity index (χ0) is 14.3. The molecule has 6 heteroatoms. The summed E-state index contributed by atoms with van der Waals surface area (Å²) in [5.74, 6) is 1.41. The Bertz CT molecular complexity index is 428. The Morgan fingerprint density at radius 3 is 2.71 bits per heavy atom. The molecule has 1 aliphatic carbocycles. The number of hydrogen-bond acceptors (Lipinski definition) is 6. The lowest BCUT2D eigenvalue weighted by Crippen LogP contribution is -2.22. The summed E-state index contributed by atoms with van der Waals surface area (Å²) in [5, 5.41) is 14.8. The normalized spacial score (nSPS) is 23.7. The third-order valence-electron chi connectivity index (χ3n) is 4.28. The van der Waals surface area contributed by atoms with Crippen molar-refractivity contribution in [3.8, 4) is 0 Å². The highest BCUT2D eigenvalue weighted by atomic mass is 16.5. The van der Waals surface area contributed by atoms with E-state index in [1.165, 1.54) is 38.5 Å². The summed E-state index contributed by atoms with van der Waals surface area (Å²) < 4.78 is 5.59. The molecular weight excluding hydrogens is 266 g/mol. The van der Waals surface area contributed by atoms with E-state index in [1.807, 2.05) is 0 Å². The first-order valence-electron chi connectivity index (χ1n) is 8.22. The predicted molar refractivity (Wildman–Crippen MR) is 82.4 cm³/mol. The highest BCUT2D eigenvalue weighted by molar-refractivity contribution is 5.37. The average Bonchev–Trinajstić information content (AvgIpc) is 2.90. The van der Waals surface area contributed by atoms with Crippen LogP contribution in [0.5, 0.6) is 0 Å². The van der Waals surface area contributed by atoms with Gasteiger partial charge in [-0.2, -0.15) is 10.1 Å². The minimum atomic E-state index is 0.284. The Morgan fingerprint density at radius 2 is 1.95 bits per heavy atom. The third-order valence-corrected chi connectivity index (χ3v) is 4.28. The van der Waals surface area contributed by atoms with Crippen LogP contribution in [-0.4, -0.2) is 40.5 Å². The van der Waals surface area contributed by atoms with Gasteiger partial charge in [0.05, 0.1) is 12.3 Å². The highest BCUT2D eigenvalue weighted by Crippen LogP contribution is 2.20. The molecule has 0 radical (unpaired) electrons. The van der Waals surface area contributed by atoms with Crippen LogP contribution in [0.2, 0.25) is 0 Å². The molecule has 0 aromatic carbocycles. The molecule has 1 saturated carbocycles. The Kier molecular flexibility index (Phi) is 5.21. The van der Waals surface area contributed by atoms with Crippen LogP contribution >= 0.6 is 0 Å². The van der Waals surface area contributed by atoms with E-state index in [0.717, 1.165) is 31.8 Å². The summed E-state index contributed by atoms with van der Waals surface area (Å²) in [6.07, 6.45) is 12.0. The van der Waals surface area contributed by atoms with E-state index < -0.39 is 0 Å². The van der Waals surface area contributed by atoms with Gasteiger partial charge in [-0.15, -0.1) is 5.10 Å². The van der Waals surface area contributed by atoms with Crippen molar-refractivity contribution in [2.24, 2.45) is 0 Å². The second kappa shape index (κ2) is 7.54. The zero-order valence-electron chi connectivity index (χ0n) is 12.6. The summed E-state index contributed by atoms with van der Waals surface area (Å²) in [7, 11) is 0. The fraction of sp³-hybridized carbons (Fsp3) is 0.800. The standard InChI is InChI=1S/C15H25N5O/c1-2-4-7-12(6-3-1)18-14-11-17-20-15(19-14)16-10-13-8-5-9-21-13/h11-13H,1-10H2,(H2,16,18,19,20). The maximum atomic E-state index is 5.59. The first-order valence-corrected chi connectivity index (χ1v) is 8.22. The molecule has 6 nitrogen and oxygen atoms in total. The first-order chi connectivity index (χ1) is 10.4. The van der Waals surface area contributed by atoms with Gasteiger partial charge >= 0.3 is 0 Å². The van der Waals surface area contributed by atoms with Gasteiger partial charge in [-0.25, -0.2) is 0 Å². The van der Waals surface area contributed by atoms with Gasteiger partial charge in [0, 0.05) is 19.2 Å². The van der Waals surface area contributed by atoms with Crippen molar-refractivity contribution < 1.29 is 4.74 Å². The molecular formula is C15H25N5O. The SMILES string of the molecule is c1nnc(NCC2CCCO2)nc1NC1CCCCCC1. The van der Waals surface area contributed by atoms with E-state index in [4.69, 9.17) is 4.74 Å². The highest BCUT2D eigenvalue weighted by Gasteiger charge is 2.16. The molecule has 1 unspecified atom stereocenters. The first kappa shape index (κ1) is 14.5. The van der Waals surface area contributed by atoms with Crippen LogP contribution in [0.25, 0.3) is 0 Å². The maximum absolute atomic E-state index is 5.59. The minimum Gasteiger partial charge on any atom is -0.376 e. The monoisotopic (exact) mass is 291 g/mol. The van der Waals surface area contributed by atoms with Gasteiger partial charge < -0.3 is 15.4 Å². The molecule has 1 aromatic rings. The Morgan fingerprint density at radius 1 is 1.10 bits per heavy atom. The molecule has 2 heterocycles. The number of hydrogen-bond donors (Lipinski definition) is 2. The van der Waals surface area contributed by atoms with Crippen LogP contribution in [-0.2, 0) is 4.74 Å². The van der Waals surface area contributed by atoms with E-state index in [9.17, 15) is 0 Å². The van der Waals surface area contributed by atoms with Crippen molar-refractivity contribution in [2.45, 2.75) is 63.5 Å². The summed E-state index contributed by atoms with van der Waals surface area (Å²) in [4.78, 5) is 4.51. The van der Waals surface area contributed by atoms with E-state index in [-0.39, 0.29) is 6.10 Å². The van der Waals surface area contributed by atoms with Crippen molar-refractivity contribution >= 4 is 11.8 Å². The van der Waals surface area contributed by atoms with E-state index in [1.54, 1.807) is 6.20 Å². The molecule has 2 N–H and O–H groups in total. The number of ether oxygens (including phenoxy) is 1. The van der Waals surface area contributed by atoms with E-state index in [2.05, 4.69) is 25.8 Å². The second-order valence-electron chi connectivity index (χ2n) is 6.01. The lowest BCUT2D eigenvalue weighted by atomic mass is 10.1. The summed E-state index contributed by atoms with van der Waals surface area (Å²) in [5.41, 5.74) is 0. The van der Waals surface area contributed by atoms with Gasteiger partial charge in [0.25, 0.3) is 0 Å². The smallest absolute Gasteiger partial charge is 0.244 e. The zero-order valence-corrected chi connectivity index (χ0v) is 12.6. The van der Waals surface area contributed by atoms with Crippen LogP contribution in [0, 0.1) is 0 Å². The van der Waals surface area contributed by atoms with Crippen LogP contribution in [0.4, 0.5) is 11.8 Å². The molecule has 21 heavy (non-hydrogen) atoms. The fourth-order valence-electron chi connectivity index (χ4n) is 3.09. The van der Waals surface area contributed by atoms with Gasteiger partial charge in [0.1, 0.15) is 0 Å². The molecule has 2 fully saturated rings. The summed E-state index contributed by atoms with van der Waals surface area (Å²) >= 11 is 0. The number of aromatic nitrogens is 3. The van der Waals surface area contributed by atoms with Crippen molar-refractivity contribution in [1.82, 2.24) is 15.2 Å². The van der Waals surface area contributed by atoms with Crippen molar-refractivity contribution in [1.29, 1.82) is 0 Å². The van der Waals surface area contributed by atoms with Gasteiger partial charge in [-0.05, 0) is 25.7 Å². The van der Waals surface area contributed by atoms with Crippen LogP contribution in [0.1, 0.15) is 51.4 Å². The Hall–Kier alpha value is -1.43. The molecule has 116 valence electrons. The van der Waals surface area contributed by atoms with Crippen molar-refractivity contribution in [2.75, 3.05) is 23.8 Å². The number of anilines is 2. The number of nitrogens with zero attached hydrogens (tertiary/aromatic N) is 3. The second-order valence-corrected chi connectivity index (χ2v) is 6.01. The van der Waals surface area contributed by atoms with Crippen LogP contribution in [0.15, 0.2) is 6.20 Å². The Balaban J connectivity index is 1.52. The molecule has 1 aliphatic heterocycles. The lowest BCUT2D eigenvalue weighted by molar-refractivity contribution is 0.120. The summed E-state index contributed by atoms with van der Waals surface area (Å²) in [6.45, 7) is 1.63. The van der Waals surface area contributed by atoms with E-state index in [0.29, 0.717) is 12.0 Å². The molecule has 1 saturated heterocycles. The molecule has 3 rings (SSSR count). The maximum Gasteiger partial charge on any atom is 0.244 e. The fourth-order valence-corrected chi connectivity index (χ4v) is 3.09. The molecule has 1 aromatic heterocycles. The summed E-state index contributed by atoms with van der Waals surface area (Å²) in [6, 6.07) is 0.523. The molecule has 0 spiro atoms. The lowest BCUT2D eigenvalue weighted by Gasteiger charge is -2.17. The van der Waals surface area contributed by atoms with Crippen molar-refractivity contribution in [3.05, 3.63) is 6.20 Å². The topological polar surface area (TPSA) is 72.0 Å². The molecule has 2 aliphatic rings. The molecule has 1 atom stereocenters. The third kappa shape index (κ3) is 4.52. The van der Waals surface area contributed by atoms with Crippen LogP contribution < -0.4 is 10.6 Å². The van der Waals surface area contributed by atoms with Gasteiger partial charge in [0.15, 0.2) is 5.82 Å². The molecule has 0 bridgehead atoms. The number of rotatable bonds is 5. The van der Waals surface area contributed by atoms with Crippen LogP contribution in [0.3, 0.4) is 0 Å². The van der Waals surface area contributed by atoms with Gasteiger partial charge in [-0.1, -0.05) is 25.7 Å². The quantitative estimate of drug-likeness (QED) is 0.813. The predicted octanol–water partition coefficient (Wildman–Crippen LogP) is 2.60. The Labute approximate surface area is 126 Å². The largest absolute Gasteiger partial charge is 0.376 e. The number of nitrogens with one attached hydrogen (secondary N) is 2. The average molecular weight is 291 g/mol. The minimum absolute atomic E-state index is 0.284. The van der Waals surface area contributed by atoms with Crippen molar-refractivity contribution in [3.63, 3.8) is 0 Å². The van der Waals surface area contributed by atoms with E-state index >= 15 is 0 Å². The molecule has 0 amide bonds. The van der Waals surface area contributed by atoms with Gasteiger partial charge in [-0.3, -0.25) is 0 Å².